The van der Waals surface area contributed by atoms with Gasteiger partial charge in [-0.2, -0.15) is 0 Å². The van der Waals surface area contributed by atoms with E-state index < -0.39 is 12.2 Å². The number of alkyl halides is 2. The monoisotopic (exact) mass is 639 g/mol. The molecule has 15 heteroatoms. The zero-order valence-electron chi connectivity index (χ0n) is 23.3. The first-order valence-corrected chi connectivity index (χ1v) is 14.5. The van der Waals surface area contributed by atoms with Crippen molar-refractivity contribution in [1.29, 1.82) is 0 Å². The molecule has 0 aliphatic carbocycles. The third kappa shape index (κ3) is 5.74. The van der Waals surface area contributed by atoms with Crippen LogP contribution in [0.4, 0.5) is 31.1 Å². The normalized spacial score (nSPS) is 12.9. The maximum atomic E-state index is 13.3. The lowest BCUT2D eigenvalue weighted by atomic mass is 10.1. The molecule has 6 rings (SSSR count). The predicted octanol–water partition coefficient (Wildman–Crippen LogP) is 6.86. The SMILES string of the molecule is COc1cc(Nc2nc(N)c(-c3nc(-c4cccc(NC(=O)c5ccc6c(c5)OC(F)(F)O6)c4)cs3)s2)cc(OC)c1OC. The highest BCUT2D eigenvalue weighted by Gasteiger charge is 2.43. The number of hydrogen-bond donors (Lipinski definition) is 3. The highest BCUT2D eigenvalue weighted by atomic mass is 32.1. The molecule has 0 atom stereocenters. The summed E-state index contributed by atoms with van der Waals surface area (Å²) in [5.41, 5.74) is 8.95. The van der Waals surface area contributed by atoms with E-state index >= 15 is 0 Å². The molecule has 3 heterocycles. The fraction of sp³-hybridized carbons (Fsp3) is 0.138. The van der Waals surface area contributed by atoms with Gasteiger partial charge in [-0.1, -0.05) is 23.5 Å². The summed E-state index contributed by atoms with van der Waals surface area (Å²) in [5, 5.41) is 9.08. The van der Waals surface area contributed by atoms with Crippen LogP contribution in [-0.4, -0.2) is 43.5 Å². The van der Waals surface area contributed by atoms with Crippen molar-refractivity contribution in [2.45, 2.75) is 6.29 Å². The van der Waals surface area contributed by atoms with E-state index in [1.807, 2.05) is 11.4 Å². The van der Waals surface area contributed by atoms with Crippen molar-refractivity contribution in [2.75, 3.05) is 37.7 Å². The summed E-state index contributed by atoms with van der Waals surface area (Å²) in [6, 6.07) is 14.4. The number of amides is 1. The van der Waals surface area contributed by atoms with Crippen molar-refractivity contribution in [2.24, 2.45) is 0 Å². The summed E-state index contributed by atoms with van der Waals surface area (Å²) in [5.74, 6) is 0.902. The number of hydrogen-bond acceptors (Lipinski definition) is 12. The molecular formula is C29H23F2N5O6S2. The number of aromatic nitrogens is 2. The second-order valence-corrected chi connectivity index (χ2v) is 11.0. The number of methoxy groups -OCH3 is 3. The van der Waals surface area contributed by atoms with Crippen molar-refractivity contribution < 1.29 is 37.3 Å². The average molecular weight is 640 g/mol. The third-order valence-corrected chi connectivity index (χ3v) is 8.33. The van der Waals surface area contributed by atoms with Crippen LogP contribution in [-0.2, 0) is 0 Å². The highest BCUT2D eigenvalue weighted by Crippen LogP contribution is 2.44. The Kier molecular flexibility index (Phi) is 7.57. The van der Waals surface area contributed by atoms with Crippen LogP contribution < -0.4 is 40.1 Å². The third-order valence-electron chi connectivity index (χ3n) is 6.35. The zero-order valence-corrected chi connectivity index (χ0v) is 24.9. The summed E-state index contributed by atoms with van der Waals surface area (Å²) < 4.78 is 51.7. The predicted molar refractivity (Wildman–Crippen MR) is 163 cm³/mol. The Morgan fingerprint density at radius 2 is 1.68 bits per heavy atom. The molecule has 44 heavy (non-hydrogen) atoms. The Morgan fingerprint density at radius 1 is 0.932 bits per heavy atom. The summed E-state index contributed by atoms with van der Waals surface area (Å²) in [6.07, 6.45) is -3.76. The topological polar surface area (TPSA) is 139 Å². The van der Waals surface area contributed by atoms with Crippen LogP contribution in [0, 0.1) is 0 Å². The molecule has 226 valence electrons. The molecule has 4 N–H and O–H groups in total. The molecule has 1 aliphatic heterocycles. The van der Waals surface area contributed by atoms with Crippen LogP contribution in [0.3, 0.4) is 0 Å². The van der Waals surface area contributed by atoms with Gasteiger partial charge in [0.25, 0.3) is 5.91 Å². The second kappa shape index (κ2) is 11.5. The molecule has 3 aromatic carbocycles. The number of nitrogen functional groups attached to an aromatic ring is 1. The molecule has 0 fully saturated rings. The Morgan fingerprint density at radius 3 is 2.41 bits per heavy atom. The van der Waals surface area contributed by atoms with Gasteiger partial charge in [0.15, 0.2) is 28.1 Å². The quantitative estimate of drug-likeness (QED) is 0.157. The van der Waals surface area contributed by atoms with E-state index in [1.165, 1.54) is 62.2 Å². The summed E-state index contributed by atoms with van der Waals surface area (Å²) >= 11 is 2.73. The molecule has 0 bridgehead atoms. The molecule has 1 amide bonds. The number of fused-ring (bicyclic) bond motifs is 1. The molecule has 1 aliphatic rings. The van der Waals surface area contributed by atoms with Gasteiger partial charge < -0.3 is 40.1 Å². The van der Waals surface area contributed by atoms with E-state index in [-0.39, 0.29) is 17.1 Å². The van der Waals surface area contributed by atoms with Gasteiger partial charge in [-0.15, -0.1) is 20.1 Å². The summed E-state index contributed by atoms with van der Waals surface area (Å²) in [4.78, 5) is 22.7. The number of nitrogens with zero attached hydrogens (tertiary/aromatic N) is 2. The summed E-state index contributed by atoms with van der Waals surface area (Å²) in [6.45, 7) is 0. The van der Waals surface area contributed by atoms with Crippen molar-refractivity contribution in [3.05, 3.63) is 65.5 Å². The van der Waals surface area contributed by atoms with Gasteiger partial charge >= 0.3 is 6.29 Å². The molecule has 5 aromatic rings. The molecule has 0 unspecified atom stereocenters. The number of carbonyl (C=O) groups is 1. The Bertz CT molecular complexity index is 1850. The first kappa shape index (κ1) is 28.9. The van der Waals surface area contributed by atoms with E-state index in [0.717, 1.165) is 5.56 Å². The number of carbonyl (C=O) groups excluding carboxylic acids is 1. The Labute approximate surface area is 257 Å². The number of nitrogens with one attached hydrogen (secondary N) is 2. The van der Waals surface area contributed by atoms with Crippen LogP contribution in [0.5, 0.6) is 28.7 Å². The summed E-state index contributed by atoms with van der Waals surface area (Å²) in [7, 11) is 4.61. The van der Waals surface area contributed by atoms with Crippen molar-refractivity contribution >= 4 is 50.9 Å². The number of ether oxygens (including phenoxy) is 5. The number of rotatable bonds is 9. The van der Waals surface area contributed by atoms with Crippen LogP contribution in [0.1, 0.15) is 10.4 Å². The standard InChI is InChI=1S/C29H23F2N5O6S2/c1-38-21-11-17(12-22(39-2)23(21)40-3)34-28-36-25(32)24(44-28)27-35-18(13-43-27)14-5-4-6-16(9-14)33-26(37)15-7-8-19-20(10-15)42-29(30,31)41-19/h4-13H,32H2,1-3H3,(H,33,37)(H,34,36). The van der Waals surface area contributed by atoms with Crippen LogP contribution in [0.2, 0.25) is 0 Å². The highest BCUT2D eigenvalue weighted by molar-refractivity contribution is 7.23. The second-order valence-electron chi connectivity index (χ2n) is 9.17. The molecule has 2 aromatic heterocycles. The number of benzene rings is 3. The number of anilines is 4. The van der Waals surface area contributed by atoms with Gasteiger partial charge in [0.1, 0.15) is 15.7 Å². The number of thiazole rings is 2. The number of nitrogens with two attached hydrogens (primary N) is 1. The molecule has 0 radical (unpaired) electrons. The van der Waals surface area contributed by atoms with Crippen molar-refractivity contribution in [3.63, 3.8) is 0 Å². The molecule has 11 nitrogen and oxygen atoms in total. The lowest BCUT2D eigenvalue weighted by Crippen LogP contribution is -2.25. The first-order valence-electron chi connectivity index (χ1n) is 12.8. The maximum absolute atomic E-state index is 13.3. The van der Waals surface area contributed by atoms with Gasteiger partial charge in [0.2, 0.25) is 5.75 Å². The van der Waals surface area contributed by atoms with Gasteiger partial charge in [-0.3, -0.25) is 4.79 Å². The zero-order chi connectivity index (χ0) is 31.0. The van der Waals surface area contributed by atoms with E-state index in [2.05, 4.69) is 25.1 Å². The van der Waals surface area contributed by atoms with Crippen LogP contribution >= 0.6 is 22.7 Å². The minimum absolute atomic E-state index is 0.128. The van der Waals surface area contributed by atoms with Crippen LogP contribution in [0.25, 0.3) is 21.1 Å². The van der Waals surface area contributed by atoms with E-state index in [0.29, 0.717) is 55.2 Å². The fourth-order valence-electron chi connectivity index (χ4n) is 4.38. The largest absolute Gasteiger partial charge is 0.586 e. The Hall–Kier alpha value is -5.15. The molecular weight excluding hydrogens is 616 g/mol. The number of halogens is 2. The van der Waals surface area contributed by atoms with Gasteiger partial charge in [-0.05, 0) is 30.3 Å². The van der Waals surface area contributed by atoms with Gasteiger partial charge in [-0.25, -0.2) is 9.97 Å². The van der Waals surface area contributed by atoms with E-state index in [1.54, 1.807) is 30.3 Å². The van der Waals surface area contributed by atoms with Gasteiger partial charge in [0, 0.05) is 40.0 Å². The lowest BCUT2D eigenvalue weighted by molar-refractivity contribution is -0.286. The van der Waals surface area contributed by atoms with E-state index in [9.17, 15) is 13.6 Å². The smallest absolute Gasteiger partial charge is 0.493 e. The first-order chi connectivity index (χ1) is 21.2. The van der Waals surface area contributed by atoms with E-state index in [4.69, 9.17) is 24.9 Å². The van der Waals surface area contributed by atoms with Crippen molar-refractivity contribution in [3.8, 4) is 49.9 Å². The van der Waals surface area contributed by atoms with Crippen molar-refractivity contribution in [1.82, 2.24) is 9.97 Å². The maximum Gasteiger partial charge on any atom is 0.586 e. The Balaban J connectivity index is 1.18. The minimum atomic E-state index is -3.76. The lowest BCUT2D eigenvalue weighted by Gasteiger charge is -2.14. The minimum Gasteiger partial charge on any atom is -0.493 e. The van der Waals surface area contributed by atoms with Gasteiger partial charge in [0.05, 0.1) is 27.0 Å². The molecule has 0 saturated heterocycles. The molecule has 0 spiro atoms. The molecule has 0 saturated carbocycles. The average Bonchev–Trinajstić information content (AvgIpc) is 3.71. The van der Waals surface area contributed by atoms with Crippen LogP contribution in [0.15, 0.2) is 60.0 Å². The fourth-order valence-corrected chi connectivity index (χ4v) is 6.21.